The van der Waals surface area contributed by atoms with Crippen LogP contribution in [0.4, 0.5) is 5.69 Å². The van der Waals surface area contributed by atoms with Crippen molar-refractivity contribution in [3.63, 3.8) is 0 Å². The molecule has 1 heterocycles. The van der Waals surface area contributed by atoms with Crippen molar-refractivity contribution in [2.75, 3.05) is 5.32 Å². The molecule has 0 amide bonds. The highest BCUT2D eigenvalue weighted by Gasteiger charge is 2.23. The Morgan fingerprint density at radius 2 is 1.89 bits per heavy atom. The summed E-state index contributed by atoms with van der Waals surface area (Å²) in [6.45, 7) is 2.11. The molecule has 3 rings (SSSR count). The highest BCUT2D eigenvalue weighted by molar-refractivity contribution is 6.42. The molecule has 0 aromatic heterocycles. The first kappa shape index (κ1) is 11.9. The molecular weight excluding hydrogens is 265 g/mol. The van der Waals surface area contributed by atoms with Gasteiger partial charge in [-0.05, 0) is 36.6 Å². The van der Waals surface area contributed by atoms with Crippen molar-refractivity contribution in [1.29, 1.82) is 0 Å². The van der Waals surface area contributed by atoms with Gasteiger partial charge in [-0.25, -0.2) is 0 Å². The lowest BCUT2D eigenvalue weighted by Gasteiger charge is -2.12. The summed E-state index contributed by atoms with van der Waals surface area (Å²) in [6, 6.07) is 12.8. The summed E-state index contributed by atoms with van der Waals surface area (Å²) in [5, 5.41) is 4.73. The maximum Gasteiger partial charge on any atom is 0.0613 e. The fraction of sp³-hybridized carbons (Fsp3) is 0.200. The molecule has 0 saturated carbocycles. The van der Waals surface area contributed by atoms with E-state index >= 15 is 0 Å². The molecule has 18 heavy (non-hydrogen) atoms. The summed E-state index contributed by atoms with van der Waals surface area (Å²) in [6.07, 6.45) is 0.954. The minimum atomic E-state index is 0.314. The molecular formula is C15H13Cl2N. The largest absolute Gasteiger partial charge is 0.378 e. The van der Waals surface area contributed by atoms with Gasteiger partial charge in [0.2, 0.25) is 0 Å². The normalized spacial score (nSPS) is 17.4. The Bertz CT molecular complexity index is 576. The van der Waals surface area contributed by atoms with E-state index in [2.05, 4.69) is 36.5 Å². The third-order valence-electron chi connectivity index (χ3n) is 3.34. The minimum Gasteiger partial charge on any atom is -0.378 e. The monoisotopic (exact) mass is 277 g/mol. The predicted octanol–water partition coefficient (Wildman–Crippen LogP) is 5.01. The summed E-state index contributed by atoms with van der Waals surface area (Å²) in [7, 11) is 0. The van der Waals surface area contributed by atoms with Gasteiger partial charge in [0.25, 0.3) is 0 Å². The molecule has 92 valence electrons. The van der Waals surface area contributed by atoms with Gasteiger partial charge in [0.15, 0.2) is 0 Å². The first-order valence-corrected chi connectivity index (χ1v) is 6.70. The average Bonchev–Trinajstić information content (AvgIpc) is 2.73. The minimum absolute atomic E-state index is 0.314. The van der Waals surface area contributed by atoms with Gasteiger partial charge in [0, 0.05) is 5.69 Å². The van der Waals surface area contributed by atoms with E-state index in [4.69, 9.17) is 23.2 Å². The van der Waals surface area contributed by atoms with Crippen LogP contribution in [0.25, 0.3) is 0 Å². The zero-order valence-electron chi connectivity index (χ0n) is 10.0. The maximum absolute atomic E-state index is 6.05. The molecule has 0 spiro atoms. The molecule has 2 aromatic carbocycles. The van der Waals surface area contributed by atoms with E-state index in [0.29, 0.717) is 16.1 Å². The van der Waals surface area contributed by atoms with E-state index in [1.807, 2.05) is 12.1 Å². The number of hydrogen-bond donors (Lipinski definition) is 1. The predicted molar refractivity (Wildman–Crippen MR) is 77.7 cm³/mol. The number of halogens is 2. The van der Waals surface area contributed by atoms with Crippen molar-refractivity contribution < 1.29 is 0 Å². The van der Waals surface area contributed by atoms with E-state index in [1.165, 1.54) is 16.7 Å². The Morgan fingerprint density at radius 3 is 2.67 bits per heavy atom. The van der Waals surface area contributed by atoms with Crippen molar-refractivity contribution in [1.82, 2.24) is 0 Å². The van der Waals surface area contributed by atoms with Crippen molar-refractivity contribution in [2.45, 2.75) is 19.4 Å². The van der Waals surface area contributed by atoms with E-state index < -0.39 is 0 Å². The molecule has 0 aliphatic carbocycles. The SMILES string of the molecule is Cc1cccc(C2Cc3cc(Cl)c(Cl)cc3N2)c1. The molecule has 1 aliphatic heterocycles. The number of benzene rings is 2. The highest BCUT2D eigenvalue weighted by Crippen LogP contribution is 2.38. The molecule has 0 bridgehead atoms. The van der Waals surface area contributed by atoms with Gasteiger partial charge >= 0.3 is 0 Å². The van der Waals surface area contributed by atoms with Crippen LogP contribution in [-0.2, 0) is 6.42 Å². The van der Waals surface area contributed by atoms with E-state index in [9.17, 15) is 0 Å². The van der Waals surface area contributed by atoms with E-state index in [-0.39, 0.29) is 0 Å². The Hall–Kier alpha value is -1.18. The summed E-state index contributed by atoms with van der Waals surface area (Å²) < 4.78 is 0. The van der Waals surface area contributed by atoms with Crippen molar-refractivity contribution in [2.24, 2.45) is 0 Å². The van der Waals surface area contributed by atoms with Gasteiger partial charge in [-0.3, -0.25) is 0 Å². The zero-order valence-corrected chi connectivity index (χ0v) is 11.5. The van der Waals surface area contributed by atoms with Crippen LogP contribution in [-0.4, -0.2) is 0 Å². The number of hydrogen-bond acceptors (Lipinski definition) is 1. The lowest BCUT2D eigenvalue weighted by molar-refractivity contribution is 0.823. The van der Waals surface area contributed by atoms with Gasteiger partial charge in [-0.1, -0.05) is 53.0 Å². The second kappa shape index (κ2) is 4.49. The number of aryl methyl sites for hydroxylation is 1. The maximum atomic E-state index is 6.05. The van der Waals surface area contributed by atoms with Crippen molar-refractivity contribution in [3.05, 3.63) is 63.1 Å². The standard InChI is InChI=1S/C15H13Cl2N/c1-9-3-2-4-10(5-9)14-7-11-6-12(16)13(17)8-15(11)18-14/h2-6,8,14,18H,7H2,1H3. The first-order valence-electron chi connectivity index (χ1n) is 5.94. The van der Waals surface area contributed by atoms with Crippen LogP contribution in [0, 0.1) is 6.92 Å². The van der Waals surface area contributed by atoms with E-state index in [0.717, 1.165) is 12.1 Å². The second-order valence-electron chi connectivity index (χ2n) is 4.74. The fourth-order valence-corrected chi connectivity index (χ4v) is 2.79. The van der Waals surface area contributed by atoms with Crippen LogP contribution < -0.4 is 5.32 Å². The van der Waals surface area contributed by atoms with Crippen LogP contribution in [0.5, 0.6) is 0 Å². The van der Waals surface area contributed by atoms with Crippen molar-refractivity contribution in [3.8, 4) is 0 Å². The van der Waals surface area contributed by atoms with Crippen LogP contribution in [0.2, 0.25) is 10.0 Å². The Balaban J connectivity index is 1.93. The Labute approximate surface area is 117 Å². The molecule has 1 atom stereocenters. The second-order valence-corrected chi connectivity index (χ2v) is 5.55. The lowest BCUT2D eigenvalue weighted by Crippen LogP contribution is -2.05. The highest BCUT2D eigenvalue weighted by atomic mass is 35.5. The number of fused-ring (bicyclic) bond motifs is 1. The molecule has 1 aliphatic rings. The van der Waals surface area contributed by atoms with Crippen LogP contribution in [0.1, 0.15) is 22.7 Å². The molecule has 0 radical (unpaired) electrons. The summed E-state index contributed by atoms with van der Waals surface area (Å²) >= 11 is 12.1. The van der Waals surface area contributed by atoms with Gasteiger partial charge < -0.3 is 5.32 Å². The zero-order chi connectivity index (χ0) is 12.7. The first-order chi connectivity index (χ1) is 8.63. The summed E-state index contributed by atoms with van der Waals surface area (Å²) in [5.74, 6) is 0. The fourth-order valence-electron chi connectivity index (χ4n) is 2.44. The molecule has 1 nitrogen and oxygen atoms in total. The molecule has 1 unspecified atom stereocenters. The molecule has 3 heteroatoms. The van der Waals surface area contributed by atoms with Crippen LogP contribution in [0.15, 0.2) is 36.4 Å². The Kier molecular flexibility index (Phi) is 2.96. The Morgan fingerprint density at radius 1 is 1.11 bits per heavy atom. The van der Waals surface area contributed by atoms with Gasteiger partial charge in [-0.2, -0.15) is 0 Å². The summed E-state index contributed by atoms with van der Waals surface area (Å²) in [5.41, 5.74) is 4.91. The van der Waals surface area contributed by atoms with Crippen molar-refractivity contribution >= 4 is 28.9 Å². The topological polar surface area (TPSA) is 12.0 Å². The van der Waals surface area contributed by atoms with Gasteiger partial charge in [0.1, 0.15) is 0 Å². The number of rotatable bonds is 1. The smallest absolute Gasteiger partial charge is 0.0613 e. The lowest BCUT2D eigenvalue weighted by atomic mass is 10.0. The van der Waals surface area contributed by atoms with Crippen LogP contribution >= 0.6 is 23.2 Å². The molecule has 2 aromatic rings. The summed E-state index contributed by atoms with van der Waals surface area (Å²) in [4.78, 5) is 0. The molecule has 0 fully saturated rings. The number of anilines is 1. The average molecular weight is 278 g/mol. The van der Waals surface area contributed by atoms with E-state index in [1.54, 1.807) is 0 Å². The third-order valence-corrected chi connectivity index (χ3v) is 4.07. The quantitative estimate of drug-likeness (QED) is 0.773. The molecule has 0 saturated heterocycles. The van der Waals surface area contributed by atoms with Gasteiger partial charge in [0.05, 0.1) is 16.1 Å². The third kappa shape index (κ3) is 2.09. The van der Waals surface area contributed by atoms with Crippen LogP contribution in [0.3, 0.4) is 0 Å². The number of nitrogens with one attached hydrogen (secondary N) is 1. The van der Waals surface area contributed by atoms with Gasteiger partial charge in [-0.15, -0.1) is 0 Å². The molecule has 1 N–H and O–H groups in total.